The van der Waals surface area contributed by atoms with Crippen molar-refractivity contribution in [3.05, 3.63) is 64.9 Å². The van der Waals surface area contributed by atoms with E-state index in [-0.39, 0.29) is 12.5 Å². The summed E-state index contributed by atoms with van der Waals surface area (Å²) in [5.41, 5.74) is 4.29. The molecule has 0 fully saturated rings. The quantitative estimate of drug-likeness (QED) is 0.521. The van der Waals surface area contributed by atoms with E-state index >= 15 is 0 Å². The summed E-state index contributed by atoms with van der Waals surface area (Å²) in [6, 6.07) is 13.4. The molecular weight excluding hydrogens is 318 g/mol. The van der Waals surface area contributed by atoms with E-state index < -0.39 is 0 Å². The number of benzene rings is 1. The molecule has 0 aliphatic rings. The lowest BCUT2D eigenvalue weighted by Crippen LogP contribution is -2.41. The minimum atomic E-state index is -0.157. The van der Waals surface area contributed by atoms with Crippen molar-refractivity contribution >= 4 is 27.5 Å². The van der Waals surface area contributed by atoms with Gasteiger partial charge in [0.05, 0.1) is 5.71 Å². The zero-order valence-corrected chi connectivity index (χ0v) is 12.7. The molecule has 1 N–H and O–H groups in total. The zero-order chi connectivity index (χ0) is 14.4. The predicted octanol–water partition coefficient (Wildman–Crippen LogP) is 2.28. The minimum absolute atomic E-state index is 0.157. The van der Waals surface area contributed by atoms with Gasteiger partial charge in [0.25, 0.3) is 0 Å². The number of aromatic nitrogens is 1. The van der Waals surface area contributed by atoms with Crippen LogP contribution in [0.25, 0.3) is 0 Å². The molecule has 0 unspecified atom stereocenters. The maximum absolute atomic E-state index is 11.8. The van der Waals surface area contributed by atoms with Crippen LogP contribution >= 0.6 is 15.9 Å². The highest BCUT2D eigenvalue weighted by molar-refractivity contribution is 9.10. The van der Waals surface area contributed by atoms with Crippen molar-refractivity contribution < 1.29 is 9.36 Å². The first kappa shape index (κ1) is 14.4. The van der Waals surface area contributed by atoms with E-state index in [2.05, 4.69) is 26.5 Å². The third-order valence-electron chi connectivity index (χ3n) is 2.69. The number of nitrogens with one attached hydrogen (secondary N) is 1. The molecule has 2 rings (SSSR count). The number of rotatable bonds is 4. The van der Waals surface area contributed by atoms with Gasteiger partial charge in [-0.2, -0.15) is 9.67 Å². The number of hydrogen-bond donors (Lipinski definition) is 1. The third kappa shape index (κ3) is 4.28. The molecule has 0 aliphatic carbocycles. The van der Waals surface area contributed by atoms with E-state index in [0.717, 1.165) is 15.7 Å². The van der Waals surface area contributed by atoms with Crippen molar-refractivity contribution in [2.75, 3.05) is 0 Å². The van der Waals surface area contributed by atoms with Crippen molar-refractivity contribution in [1.82, 2.24) is 5.43 Å². The molecule has 5 heteroatoms. The summed E-state index contributed by atoms with van der Waals surface area (Å²) in [6.07, 6.45) is 3.68. The molecule has 0 radical (unpaired) electrons. The lowest BCUT2D eigenvalue weighted by atomic mass is 10.1. The van der Waals surface area contributed by atoms with Gasteiger partial charge in [0, 0.05) is 16.6 Å². The first-order chi connectivity index (χ1) is 9.65. The Morgan fingerprint density at radius 3 is 2.70 bits per heavy atom. The fourth-order valence-corrected chi connectivity index (χ4v) is 2.06. The largest absolute Gasteiger partial charge is 0.305 e. The van der Waals surface area contributed by atoms with E-state index in [9.17, 15) is 4.79 Å². The molecule has 0 aliphatic heterocycles. The van der Waals surface area contributed by atoms with Gasteiger partial charge in [-0.25, -0.2) is 5.43 Å². The maximum Gasteiger partial charge on any atom is 0.305 e. The van der Waals surface area contributed by atoms with E-state index in [1.165, 1.54) is 0 Å². The Labute approximate surface area is 126 Å². The topological polar surface area (TPSA) is 45.3 Å². The molecule has 102 valence electrons. The van der Waals surface area contributed by atoms with Crippen LogP contribution in [0.5, 0.6) is 0 Å². The molecule has 1 heterocycles. The van der Waals surface area contributed by atoms with Gasteiger partial charge in [-0.15, -0.1) is 0 Å². The number of hydrazone groups is 1. The SMILES string of the molecule is CC(=NNC(=O)C[n+]1ccccc1)c1cccc(Br)c1. The molecule has 1 aromatic carbocycles. The summed E-state index contributed by atoms with van der Waals surface area (Å²) in [5.74, 6) is -0.157. The monoisotopic (exact) mass is 332 g/mol. The molecule has 0 saturated heterocycles. The summed E-state index contributed by atoms with van der Waals surface area (Å²) in [7, 11) is 0. The predicted molar refractivity (Wildman–Crippen MR) is 81.1 cm³/mol. The van der Waals surface area contributed by atoms with Crippen molar-refractivity contribution in [3.8, 4) is 0 Å². The Balaban J connectivity index is 1.97. The van der Waals surface area contributed by atoms with Crippen molar-refractivity contribution in [1.29, 1.82) is 0 Å². The van der Waals surface area contributed by atoms with Crippen LogP contribution in [0.3, 0.4) is 0 Å². The Bertz CT molecular complexity index is 626. The number of halogens is 1. The van der Waals surface area contributed by atoms with E-state index in [4.69, 9.17) is 0 Å². The Morgan fingerprint density at radius 1 is 1.25 bits per heavy atom. The average Bonchev–Trinajstić information content (AvgIpc) is 2.46. The summed E-state index contributed by atoms with van der Waals surface area (Å²) in [5, 5.41) is 4.11. The van der Waals surface area contributed by atoms with E-state index in [0.29, 0.717) is 0 Å². The van der Waals surface area contributed by atoms with Gasteiger partial charge in [-0.05, 0) is 24.6 Å². The summed E-state index contributed by atoms with van der Waals surface area (Å²) >= 11 is 3.41. The summed E-state index contributed by atoms with van der Waals surface area (Å²) < 4.78 is 2.77. The molecule has 1 aromatic heterocycles. The lowest BCUT2D eigenvalue weighted by Gasteiger charge is -2.02. The second kappa shape index (κ2) is 6.96. The standard InChI is InChI=1S/C15H14BrN3O/c1-12(13-6-5-7-14(16)10-13)17-18-15(20)11-19-8-3-2-4-9-19/h2-10H,11H2,1H3/p+1. The van der Waals surface area contributed by atoms with Crippen molar-refractivity contribution in [3.63, 3.8) is 0 Å². The van der Waals surface area contributed by atoms with Crippen LogP contribution < -0.4 is 9.99 Å². The van der Waals surface area contributed by atoms with Gasteiger partial charge in [0.15, 0.2) is 12.4 Å². The molecule has 2 aromatic rings. The molecule has 0 saturated carbocycles. The van der Waals surface area contributed by atoms with Gasteiger partial charge >= 0.3 is 5.91 Å². The highest BCUT2D eigenvalue weighted by Crippen LogP contribution is 2.12. The molecule has 0 spiro atoms. The van der Waals surface area contributed by atoms with Crippen LogP contribution in [0.2, 0.25) is 0 Å². The Hall–Kier alpha value is -2.01. The fraction of sp³-hybridized carbons (Fsp3) is 0.133. The van der Waals surface area contributed by atoms with Crippen LogP contribution in [-0.4, -0.2) is 11.6 Å². The molecule has 0 bridgehead atoms. The number of pyridine rings is 1. The van der Waals surface area contributed by atoms with Crippen LogP contribution in [0.1, 0.15) is 12.5 Å². The number of carbonyl (C=O) groups excluding carboxylic acids is 1. The van der Waals surface area contributed by atoms with Crippen LogP contribution in [-0.2, 0) is 11.3 Å². The maximum atomic E-state index is 11.8. The average molecular weight is 333 g/mol. The lowest BCUT2D eigenvalue weighted by molar-refractivity contribution is -0.684. The number of nitrogens with zero attached hydrogens (tertiary/aromatic N) is 2. The van der Waals surface area contributed by atoms with E-state index in [1.54, 1.807) is 4.57 Å². The van der Waals surface area contributed by atoms with Crippen LogP contribution in [0, 0.1) is 0 Å². The molecule has 1 amide bonds. The first-order valence-electron chi connectivity index (χ1n) is 6.18. The Kier molecular flexibility index (Phi) is 5.01. The molecule has 0 atom stereocenters. The number of hydrogen-bond acceptors (Lipinski definition) is 2. The highest BCUT2D eigenvalue weighted by atomic mass is 79.9. The minimum Gasteiger partial charge on any atom is -0.266 e. The van der Waals surface area contributed by atoms with Gasteiger partial charge in [0.2, 0.25) is 6.54 Å². The molecule has 20 heavy (non-hydrogen) atoms. The van der Waals surface area contributed by atoms with Crippen molar-refractivity contribution in [2.45, 2.75) is 13.5 Å². The zero-order valence-electron chi connectivity index (χ0n) is 11.1. The molecular formula is C15H15BrN3O+. The number of amides is 1. The molecule has 4 nitrogen and oxygen atoms in total. The second-order valence-electron chi connectivity index (χ2n) is 4.29. The second-order valence-corrected chi connectivity index (χ2v) is 5.21. The summed E-state index contributed by atoms with van der Waals surface area (Å²) in [4.78, 5) is 11.8. The smallest absolute Gasteiger partial charge is 0.266 e. The number of carbonyl (C=O) groups is 1. The van der Waals surface area contributed by atoms with Crippen LogP contribution in [0.4, 0.5) is 0 Å². The normalized spacial score (nSPS) is 11.2. The van der Waals surface area contributed by atoms with Gasteiger partial charge in [-0.1, -0.05) is 34.1 Å². The summed E-state index contributed by atoms with van der Waals surface area (Å²) in [6.45, 7) is 2.10. The van der Waals surface area contributed by atoms with E-state index in [1.807, 2.05) is 61.8 Å². The van der Waals surface area contributed by atoms with Gasteiger partial charge < -0.3 is 0 Å². The highest BCUT2D eigenvalue weighted by Gasteiger charge is 2.07. The third-order valence-corrected chi connectivity index (χ3v) is 3.19. The Morgan fingerprint density at radius 2 is 2.00 bits per heavy atom. The fourth-order valence-electron chi connectivity index (χ4n) is 1.67. The van der Waals surface area contributed by atoms with Gasteiger partial charge in [0.1, 0.15) is 0 Å². The van der Waals surface area contributed by atoms with Gasteiger partial charge in [-0.3, -0.25) is 4.79 Å². The first-order valence-corrected chi connectivity index (χ1v) is 6.97. The van der Waals surface area contributed by atoms with Crippen molar-refractivity contribution in [2.24, 2.45) is 5.10 Å². The van der Waals surface area contributed by atoms with Crippen LogP contribution in [0.15, 0.2) is 64.4 Å².